The van der Waals surface area contributed by atoms with Gasteiger partial charge in [0.1, 0.15) is 0 Å². The normalized spacial score (nSPS) is 28.1. The lowest BCUT2D eigenvalue weighted by atomic mass is 9.98. The van der Waals surface area contributed by atoms with Crippen molar-refractivity contribution >= 4 is 5.69 Å². The number of benzene rings is 1. The number of para-hydroxylation sites is 1. The van der Waals surface area contributed by atoms with E-state index < -0.39 is 0 Å². The molecule has 0 radical (unpaired) electrons. The molecule has 2 unspecified atom stereocenters. The fourth-order valence-corrected chi connectivity index (χ4v) is 2.89. The van der Waals surface area contributed by atoms with E-state index in [0.717, 1.165) is 19.3 Å². The quantitative estimate of drug-likeness (QED) is 0.868. The van der Waals surface area contributed by atoms with Crippen molar-refractivity contribution in [2.45, 2.75) is 64.7 Å². The van der Waals surface area contributed by atoms with Gasteiger partial charge in [-0.05, 0) is 44.7 Å². The molecule has 1 N–H and O–H groups in total. The Bertz CT molecular complexity index is 367. The molecule has 1 saturated heterocycles. The summed E-state index contributed by atoms with van der Waals surface area (Å²) in [4.78, 5) is 0. The predicted octanol–water partition coefficient (Wildman–Crippen LogP) is 4.01. The van der Waals surface area contributed by atoms with Crippen molar-refractivity contribution in [3.8, 4) is 0 Å². The van der Waals surface area contributed by atoms with Gasteiger partial charge in [0, 0.05) is 11.7 Å². The van der Waals surface area contributed by atoms with Gasteiger partial charge >= 0.3 is 0 Å². The average Bonchev–Trinajstić information content (AvgIpc) is 2.30. The first-order chi connectivity index (χ1) is 8.69. The predicted molar refractivity (Wildman–Crippen MR) is 77.1 cm³/mol. The van der Waals surface area contributed by atoms with Crippen LogP contribution in [-0.4, -0.2) is 18.2 Å². The fraction of sp³-hybridized carbons (Fsp3) is 0.625. The standard InChI is InChI=1S/C16H25NO/c1-4-7-14-8-5-6-9-16(14)17-15-10-12(2)18-13(3)11-15/h5-6,8-9,12-13,15,17H,4,7,10-11H2,1-3H3. The molecular formula is C16H25NO. The maximum atomic E-state index is 5.79. The topological polar surface area (TPSA) is 21.3 Å². The Balaban J connectivity index is 2.04. The molecular weight excluding hydrogens is 222 g/mol. The Morgan fingerprint density at radius 1 is 1.17 bits per heavy atom. The van der Waals surface area contributed by atoms with Crippen LogP contribution in [0.1, 0.15) is 45.6 Å². The number of aryl methyl sites for hydroxylation is 1. The smallest absolute Gasteiger partial charge is 0.0570 e. The second-order valence-corrected chi connectivity index (χ2v) is 5.48. The second kappa shape index (κ2) is 6.24. The summed E-state index contributed by atoms with van der Waals surface area (Å²) < 4.78 is 5.79. The third-order valence-corrected chi connectivity index (χ3v) is 3.59. The van der Waals surface area contributed by atoms with Crippen LogP contribution in [-0.2, 0) is 11.2 Å². The van der Waals surface area contributed by atoms with Crippen molar-refractivity contribution in [1.29, 1.82) is 0 Å². The van der Waals surface area contributed by atoms with Crippen molar-refractivity contribution in [3.63, 3.8) is 0 Å². The molecule has 2 atom stereocenters. The third-order valence-electron chi connectivity index (χ3n) is 3.59. The van der Waals surface area contributed by atoms with Crippen LogP contribution in [0.4, 0.5) is 5.69 Å². The van der Waals surface area contributed by atoms with Crippen molar-refractivity contribution in [2.75, 3.05) is 5.32 Å². The number of hydrogen-bond acceptors (Lipinski definition) is 2. The number of anilines is 1. The van der Waals surface area contributed by atoms with Crippen molar-refractivity contribution in [2.24, 2.45) is 0 Å². The van der Waals surface area contributed by atoms with Gasteiger partial charge in [-0.3, -0.25) is 0 Å². The second-order valence-electron chi connectivity index (χ2n) is 5.48. The fourth-order valence-electron chi connectivity index (χ4n) is 2.89. The summed E-state index contributed by atoms with van der Waals surface area (Å²) in [5.41, 5.74) is 2.75. The number of hydrogen-bond donors (Lipinski definition) is 1. The molecule has 1 heterocycles. The van der Waals surface area contributed by atoms with Gasteiger partial charge in [-0.1, -0.05) is 31.5 Å². The molecule has 1 aromatic rings. The maximum Gasteiger partial charge on any atom is 0.0570 e. The zero-order valence-corrected chi connectivity index (χ0v) is 11.8. The first kappa shape index (κ1) is 13.4. The summed E-state index contributed by atoms with van der Waals surface area (Å²) in [7, 11) is 0. The molecule has 2 nitrogen and oxygen atoms in total. The molecule has 1 aliphatic heterocycles. The highest BCUT2D eigenvalue weighted by molar-refractivity contribution is 5.51. The van der Waals surface area contributed by atoms with Gasteiger partial charge in [-0.2, -0.15) is 0 Å². The molecule has 0 saturated carbocycles. The van der Waals surface area contributed by atoms with E-state index in [1.54, 1.807) is 0 Å². The average molecular weight is 247 g/mol. The van der Waals surface area contributed by atoms with Crippen molar-refractivity contribution in [1.82, 2.24) is 0 Å². The molecule has 1 fully saturated rings. The summed E-state index contributed by atoms with van der Waals surface area (Å²) >= 11 is 0. The number of ether oxygens (including phenoxy) is 1. The summed E-state index contributed by atoms with van der Waals surface area (Å²) in [5.74, 6) is 0. The third kappa shape index (κ3) is 3.49. The number of rotatable bonds is 4. The summed E-state index contributed by atoms with van der Waals surface area (Å²) in [6, 6.07) is 9.23. The van der Waals surface area contributed by atoms with Crippen LogP contribution in [0.15, 0.2) is 24.3 Å². The van der Waals surface area contributed by atoms with E-state index >= 15 is 0 Å². The molecule has 1 aliphatic rings. The zero-order chi connectivity index (χ0) is 13.0. The lowest BCUT2D eigenvalue weighted by molar-refractivity contribution is -0.0337. The molecule has 2 heteroatoms. The van der Waals surface area contributed by atoms with E-state index in [4.69, 9.17) is 4.74 Å². The van der Waals surface area contributed by atoms with Crippen LogP contribution in [0.25, 0.3) is 0 Å². The summed E-state index contributed by atoms with van der Waals surface area (Å²) in [6.07, 6.45) is 5.28. The summed E-state index contributed by atoms with van der Waals surface area (Å²) in [6.45, 7) is 6.57. The van der Waals surface area contributed by atoms with Gasteiger partial charge in [-0.25, -0.2) is 0 Å². The van der Waals surface area contributed by atoms with Gasteiger partial charge in [0.05, 0.1) is 12.2 Å². The molecule has 0 amide bonds. The van der Waals surface area contributed by atoms with E-state index in [1.165, 1.54) is 17.7 Å². The molecule has 0 aliphatic carbocycles. The molecule has 2 rings (SSSR count). The van der Waals surface area contributed by atoms with E-state index in [9.17, 15) is 0 Å². The van der Waals surface area contributed by atoms with Crippen LogP contribution in [0, 0.1) is 0 Å². The Morgan fingerprint density at radius 2 is 1.83 bits per heavy atom. The van der Waals surface area contributed by atoms with Gasteiger partial charge in [0.15, 0.2) is 0 Å². The van der Waals surface area contributed by atoms with Crippen molar-refractivity contribution in [3.05, 3.63) is 29.8 Å². The minimum Gasteiger partial charge on any atom is -0.382 e. The Morgan fingerprint density at radius 3 is 2.50 bits per heavy atom. The monoisotopic (exact) mass is 247 g/mol. The maximum absolute atomic E-state index is 5.79. The Kier molecular flexibility index (Phi) is 4.65. The van der Waals surface area contributed by atoms with E-state index in [0.29, 0.717) is 18.2 Å². The first-order valence-corrected chi connectivity index (χ1v) is 7.19. The Hall–Kier alpha value is -1.02. The molecule has 0 bridgehead atoms. The van der Waals surface area contributed by atoms with E-state index in [-0.39, 0.29) is 0 Å². The SMILES string of the molecule is CCCc1ccccc1NC1CC(C)OC(C)C1. The highest BCUT2D eigenvalue weighted by atomic mass is 16.5. The van der Waals surface area contributed by atoms with Crippen LogP contribution >= 0.6 is 0 Å². The summed E-state index contributed by atoms with van der Waals surface area (Å²) in [5, 5.41) is 3.72. The van der Waals surface area contributed by atoms with Gasteiger partial charge in [-0.15, -0.1) is 0 Å². The van der Waals surface area contributed by atoms with Gasteiger partial charge in [0.2, 0.25) is 0 Å². The van der Waals surface area contributed by atoms with Crippen LogP contribution in [0.2, 0.25) is 0 Å². The highest BCUT2D eigenvalue weighted by Gasteiger charge is 2.24. The van der Waals surface area contributed by atoms with Crippen LogP contribution < -0.4 is 5.32 Å². The highest BCUT2D eigenvalue weighted by Crippen LogP contribution is 2.25. The molecule has 18 heavy (non-hydrogen) atoms. The molecule has 1 aromatic carbocycles. The van der Waals surface area contributed by atoms with E-state index in [1.807, 2.05) is 0 Å². The van der Waals surface area contributed by atoms with Crippen molar-refractivity contribution < 1.29 is 4.74 Å². The molecule has 0 aromatic heterocycles. The van der Waals surface area contributed by atoms with Gasteiger partial charge < -0.3 is 10.1 Å². The first-order valence-electron chi connectivity index (χ1n) is 7.19. The lowest BCUT2D eigenvalue weighted by Crippen LogP contribution is -2.37. The Labute approximate surface area is 111 Å². The molecule has 0 spiro atoms. The number of nitrogens with one attached hydrogen (secondary N) is 1. The lowest BCUT2D eigenvalue weighted by Gasteiger charge is -2.33. The minimum absolute atomic E-state index is 0.365. The van der Waals surface area contributed by atoms with E-state index in [2.05, 4.69) is 50.4 Å². The largest absolute Gasteiger partial charge is 0.382 e. The minimum atomic E-state index is 0.365. The zero-order valence-electron chi connectivity index (χ0n) is 11.8. The van der Waals surface area contributed by atoms with Crippen LogP contribution in [0.3, 0.4) is 0 Å². The van der Waals surface area contributed by atoms with Gasteiger partial charge in [0.25, 0.3) is 0 Å². The molecule has 100 valence electrons. The van der Waals surface area contributed by atoms with Crippen LogP contribution in [0.5, 0.6) is 0 Å².